The lowest BCUT2D eigenvalue weighted by molar-refractivity contribution is 0.0823. The SMILES string of the molecule is Cc1nc(N)nc(COc2c(Cl)cc(Cl)cc2Br)c1C(=O)N(C)C. The van der Waals surface area contributed by atoms with Gasteiger partial charge in [0.15, 0.2) is 5.75 Å². The summed E-state index contributed by atoms with van der Waals surface area (Å²) >= 11 is 15.4. The van der Waals surface area contributed by atoms with Crippen LogP contribution in [0.4, 0.5) is 5.95 Å². The zero-order valence-corrected chi connectivity index (χ0v) is 16.3. The molecule has 1 heterocycles. The van der Waals surface area contributed by atoms with Gasteiger partial charge in [-0.2, -0.15) is 0 Å². The average Bonchev–Trinajstić information content (AvgIpc) is 2.44. The van der Waals surface area contributed by atoms with Crippen LogP contribution in [0.1, 0.15) is 21.7 Å². The topological polar surface area (TPSA) is 81.3 Å². The molecule has 2 aromatic rings. The molecule has 1 aromatic carbocycles. The van der Waals surface area contributed by atoms with Crippen molar-refractivity contribution in [1.29, 1.82) is 0 Å². The van der Waals surface area contributed by atoms with Crippen LogP contribution in [0, 0.1) is 6.92 Å². The molecule has 24 heavy (non-hydrogen) atoms. The van der Waals surface area contributed by atoms with E-state index in [0.29, 0.717) is 37.2 Å². The third-order valence-electron chi connectivity index (χ3n) is 3.12. The number of aryl methyl sites for hydroxylation is 1. The van der Waals surface area contributed by atoms with Crippen LogP contribution in [0.3, 0.4) is 0 Å². The first kappa shape index (κ1) is 18.8. The monoisotopic (exact) mass is 432 g/mol. The van der Waals surface area contributed by atoms with Gasteiger partial charge >= 0.3 is 0 Å². The Labute approximate surface area is 158 Å². The van der Waals surface area contributed by atoms with E-state index in [1.54, 1.807) is 33.2 Å². The maximum atomic E-state index is 12.4. The zero-order valence-electron chi connectivity index (χ0n) is 13.2. The molecule has 0 fully saturated rings. The van der Waals surface area contributed by atoms with Crippen LogP contribution < -0.4 is 10.5 Å². The number of hydrogen-bond acceptors (Lipinski definition) is 5. The molecule has 2 rings (SSSR count). The third-order valence-corrected chi connectivity index (χ3v) is 4.21. The Hall–Kier alpha value is -1.57. The first-order valence-electron chi connectivity index (χ1n) is 6.82. The molecule has 0 unspecified atom stereocenters. The highest BCUT2D eigenvalue weighted by Gasteiger charge is 2.21. The van der Waals surface area contributed by atoms with Crippen molar-refractivity contribution in [3.63, 3.8) is 0 Å². The lowest BCUT2D eigenvalue weighted by Gasteiger charge is -2.17. The van der Waals surface area contributed by atoms with Gasteiger partial charge in [-0.3, -0.25) is 4.79 Å². The smallest absolute Gasteiger partial charge is 0.257 e. The van der Waals surface area contributed by atoms with Gasteiger partial charge in [0.2, 0.25) is 5.95 Å². The number of aromatic nitrogens is 2. The van der Waals surface area contributed by atoms with Crippen molar-refractivity contribution in [3.8, 4) is 5.75 Å². The van der Waals surface area contributed by atoms with Gasteiger partial charge in [-0.05, 0) is 35.0 Å². The van der Waals surface area contributed by atoms with E-state index in [1.807, 2.05) is 0 Å². The minimum atomic E-state index is -0.229. The van der Waals surface area contributed by atoms with Gasteiger partial charge in [-0.25, -0.2) is 9.97 Å². The van der Waals surface area contributed by atoms with Crippen LogP contribution in [-0.2, 0) is 6.61 Å². The summed E-state index contributed by atoms with van der Waals surface area (Å²) in [6.07, 6.45) is 0. The molecule has 0 atom stereocenters. The summed E-state index contributed by atoms with van der Waals surface area (Å²) in [7, 11) is 3.30. The Morgan fingerprint density at radius 3 is 2.58 bits per heavy atom. The number of rotatable bonds is 4. The molecule has 0 aliphatic rings. The Morgan fingerprint density at radius 2 is 2.00 bits per heavy atom. The first-order valence-corrected chi connectivity index (χ1v) is 8.37. The molecule has 0 radical (unpaired) electrons. The lowest BCUT2D eigenvalue weighted by Crippen LogP contribution is -2.26. The van der Waals surface area contributed by atoms with Crippen molar-refractivity contribution < 1.29 is 9.53 Å². The van der Waals surface area contributed by atoms with Crippen molar-refractivity contribution in [3.05, 3.63) is 43.6 Å². The minimum absolute atomic E-state index is 0.00241. The lowest BCUT2D eigenvalue weighted by atomic mass is 10.1. The van der Waals surface area contributed by atoms with E-state index in [-0.39, 0.29) is 18.5 Å². The molecule has 0 saturated carbocycles. The number of nitrogens with two attached hydrogens (primary N) is 1. The largest absolute Gasteiger partial charge is 0.485 e. The van der Waals surface area contributed by atoms with Gasteiger partial charge in [0.1, 0.15) is 6.61 Å². The quantitative estimate of drug-likeness (QED) is 0.794. The predicted octanol–water partition coefficient (Wildman–Crippen LogP) is 3.72. The molecule has 0 spiro atoms. The van der Waals surface area contributed by atoms with Gasteiger partial charge in [0.25, 0.3) is 5.91 Å². The number of nitrogens with zero attached hydrogens (tertiary/aromatic N) is 3. The van der Waals surface area contributed by atoms with E-state index >= 15 is 0 Å². The average molecular weight is 434 g/mol. The number of ether oxygens (including phenoxy) is 1. The molecule has 6 nitrogen and oxygen atoms in total. The van der Waals surface area contributed by atoms with Crippen molar-refractivity contribution in [2.75, 3.05) is 19.8 Å². The Morgan fingerprint density at radius 1 is 1.33 bits per heavy atom. The van der Waals surface area contributed by atoms with Gasteiger partial charge < -0.3 is 15.4 Å². The van der Waals surface area contributed by atoms with Crippen molar-refractivity contribution in [1.82, 2.24) is 14.9 Å². The number of carbonyl (C=O) groups excluding carboxylic acids is 1. The molecule has 1 amide bonds. The maximum absolute atomic E-state index is 12.4. The zero-order chi connectivity index (χ0) is 18.0. The van der Waals surface area contributed by atoms with Crippen LogP contribution in [0.5, 0.6) is 5.75 Å². The minimum Gasteiger partial charge on any atom is -0.485 e. The van der Waals surface area contributed by atoms with Crippen LogP contribution in [0.2, 0.25) is 10.0 Å². The number of anilines is 1. The van der Waals surface area contributed by atoms with E-state index in [9.17, 15) is 4.79 Å². The fourth-order valence-corrected chi connectivity index (χ4v) is 3.44. The number of hydrogen-bond donors (Lipinski definition) is 1. The molecule has 1 aromatic heterocycles. The molecule has 0 saturated heterocycles. The van der Waals surface area contributed by atoms with E-state index in [0.717, 1.165) is 0 Å². The highest BCUT2D eigenvalue weighted by Crippen LogP contribution is 2.36. The predicted molar refractivity (Wildman–Crippen MR) is 97.7 cm³/mol. The number of amides is 1. The summed E-state index contributed by atoms with van der Waals surface area (Å²) in [5.74, 6) is 0.245. The fourth-order valence-electron chi connectivity index (χ4n) is 2.07. The van der Waals surface area contributed by atoms with Crippen LogP contribution in [0.25, 0.3) is 0 Å². The summed E-state index contributed by atoms with van der Waals surface area (Å²) in [6, 6.07) is 3.23. The van der Waals surface area contributed by atoms with Gasteiger partial charge in [-0.15, -0.1) is 0 Å². The number of benzene rings is 1. The normalized spacial score (nSPS) is 10.6. The fraction of sp³-hybridized carbons (Fsp3) is 0.267. The first-order chi connectivity index (χ1) is 11.2. The second-order valence-corrected chi connectivity index (χ2v) is 6.87. The molecular weight excluding hydrogens is 419 g/mol. The third kappa shape index (κ3) is 4.09. The second-order valence-electron chi connectivity index (χ2n) is 5.18. The number of halogens is 3. The van der Waals surface area contributed by atoms with E-state index in [4.69, 9.17) is 33.7 Å². The maximum Gasteiger partial charge on any atom is 0.257 e. The van der Waals surface area contributed by atoms with Crippen LogP contribution >= 0.6 is 39.1 Å². The molecule has 0 bridgehead atoms. The van der Waals surface area contributed by atoms with E-state index in [1.165, 1.54) is 4.90 Å². The number of carbonyl (C=O) groups is 1. The van der Waals surface area contributed by atoms with Crippen molar-refractivity contribution in [2.45, 2.75) is 13.5 Å². The van der Waals surface area contributed by atoms with Gasteiger partial charge in [0.05, 0.1) is 26.4 Å². The molecule has 9 heteroatoms. The van der Waals surface area contributed by atoms with Crippen LogP contribution in [-0.4, -0.2) is 34.9 Å². The van der Waals surface area contributed by atoms with Crippen molar-refractivity contribution in [2.24, 2.45) is 0 Å². The Balaban J connectivity index is 2.38. The van der Waals surface area contributed by atoms with Crippen molar-refractivity contribution >= 4 is 51.0 Å². The summed E-state index contributed by atoms with van der Waals surface area (Å²) in [6.45, 7) is 1.70. The Kier molecular flexibility index (Phi) is 5.90. The number of nitrogen functional groups attached to an aromatic ring is 1. The second kappa shape index (κ2) is 7.55. The molecule has 2 N–H and O–H groups in total. The highest BCUT2D eigenvalue weighted by atomic mass is 79.9. The van der Waals surface area contributed by atoms with Crippen LogP contribution in [0.15, 0.2) is 16.6 Å². The highest BCUT2D eigenvalue weighted by molar-refractivity contribution is 9.10. The summed E-state index contributed by atoms with van der Waals surface area (Å²) < 4.78 is 6.33. The summed E-state index contributed by atoms with van der Waals surface area (Å²) in [5, 5.41) is 0.818. The summed E-state index contributed by atoms with van der Waals surface area (Å²) in [4.78, 5) is 22.0. The van der Waals surface area contributed by atoms with Gasteiger partial charge in [-0.1, -0.05) is 23.2 Å². The standard InChI is InChI=1S/C15H15BrCl2N4O2/c1-7-12(14(23)22(2)3)11(21-15(19)20-7)6-24-13-9(16)4-8(17)5-10(13)18/h4-5H,6H2,1-3H3,(H2,19,20,21). The molecule has 0 aliphatic heterocycles. The van der Waals surface area contributed by atoms with E-state index < -0.39 is 0 Å². The molecule has 128 valence electrons. The Bertz CT molecular complexity index is 776. The van der Waals surface area contributed by atoms with E-state index in [2.05, 4.69) is 25.9 Å². The van der Waals surface area contributed by atoms with Gasteiger partial charge in [0, 0.05) is 19.1 Å². The molecule has 0 aliphatic carbocycles. The summed E-state index contributed by atoms with van der Waals surface area (Å²) in [5.41, 5.74) is 6.93. The molecular formula is C15H15BrCl2N4O2.